The number of rotatable bonds is 4. The molecular weight excluding hydrogens is 402 g/mol. The Labute approximate surface area is 157 Å². The number of nitrogens with one attached hydrogen (secondary N) is 2. The number of aromatic nitrogens is 1. The maximum atomic E-state index is 12.2. The predicted molar refractivity (Wildman–Crippen MR) is 99.6 cm³/mol. The number of para-hydroxylation sites is 1. The van der Waals surface area contributed by atoms with Gasteiger partial charge in [0.25, 0.3) is 5.56 Å². The molecule has 0 saturated heterocycles. The largest absolute Gasteiger partial charge is 0.451 e. The van der Waals surface area contributed by atoms with Crippen molar-refractivity contribution < 1.29 is 14.0 Å². The molecule has 0 fully saturated rings. The first kappa shape index (κ1) is 17.9. The maximum absolute atomic E-state index is 12.2. The van der Waals surface area contributed by atoms with Crippen LogP contribution in [0.3, 0.4) is 0 Å². The van der Waals surface area contributed by atoms with Crippen molar-refractivity contribution in [2.75, 3.05) is 0 Å². The number of carbonyl (C=O) groups is 2. The molecule has 3 aromatic rings. The first-order chi connectivity index (χ1) is 12.5. The molecular formula is C18H16BrN3O4. The molecule has 2 aromatic heterocycles. The van der Waals surface area contributed by atoms with Crippen LogP contribution in [0.15, 0.2) is 56.3 Å². The quantitative estimate of drug-likeness (QED) is 0.637. The number of carbonyl (C=O) groups excluding carboxylic acids is 2. The molecule has 26 heavy (non-hydrogen) atoms. The first-order valence-corrected chi connectivity index (χ1v) is 8.68. The van der Waals surface area contributed by atoms with E-state index in [4.69, 9.17) is 4.42 Å². The molecule has 134 valence electrons. The fourth-order valence-electron chi connectivity index (χ4n) is 2.54. The Morgan fingerprint density at radius 1 is 1.15 bits per heavy atom. The SMILES string of the molecule is Cc1c(C(=O)NNC(=O)CCn2cc(Br)ccc2=O)oc2ccccc12. The molecule has 0 saturated carbocycles. The van der Waals surface area contributed by atoms with Crippen LogP contribution in [0, 0.1) is 6.92 Å². The zero-order chi connectivity index (χ0) is 18.7. The van der Waals surface area contributed by atoms with E-state index < -0.39 is 11.8 Å². The highest BCUT2D eigenvalue weighted by atomic mass is 79.9. The topological polar surface area (TPSA) is 93.3 Å². The van der Waals surface area contributed by atoms with Crippen molar-refractivity contribution >= 4 is 38.7 Å². The summed E-state index contributed by atoms with van der Waals surface area (Å²) in [7, 11) is 0. The van der Waals surface area contributed by atoms with E-state index in [1.54, 1.807) is 25.3 Å². The van der Waals surface area contributed by atoms with Gasteiger partial charge in [0.05, 0.1) is 0 Å². The second-order valence-corrected chi connectivity index (χ2v) is 6.60. The van der Waals surface area contributed by atoms with E-state index in [9.17, 15) is 14.4 Å². The summed E-state index contributed by atoms with van der Waals surface area (Å²) in [4.78, 5) is 35.8. The second-order valence-electron chi connectivity index (χ2n) is 5.68. The van der Waals surface area contributed by atoms with Crippen LogP contribution < -0.4 is 16.4 Å². The third kappa shape index (κ3) is 3.85. The van der Waals surface area contributed by atoms with Crippen molar-refractivity contribution in [3.8, 4) is 0 Å². The van der Waals surface area contributed by atoms with Crippen molar-refractivity contribution in [1.29, 1.82) is 0 Å². The van der Waals surface area contributed by atoms with E-state index in [0.717, 1.165) is 9.86 Å². The Hall–Kier alpha value is -2.87. The number of furan rings is 1. The van der Waals surface area contributed by atoms with Crippen LogP contribution in [-0.2, 0) is 11.3 Å². The third-order valence-electron chi connectivity index (χ3n) is 3.89. The van der Waals surface area contributed by atoms with Crippen molar-refractivity contribution in [2.24, 2.45) is 0 Å². The Bertz CT molecular complexity index is 1040. The lowest BCUT2D eigenvalue weighted by atomic mass is 10.1. The molecule has 3 rings (SSSR count). The average Bonchev–Trinajstić information content (AvgIpc) is 2.97. The van der Waals surface area contributed by atoms with Crippen molar-refractivity contribution in [3.05, 3.63) is 68.7 Å². The molecule has 7 nitrogen and oxygen atoms in total. The van der Waals surface area contributed by atoms with E-state index in [2.05, 4.69) is 26.8 Å². The number of hydrogen-bond acceptors (Lipinski definition) is 4. The number of pyridine rings is 1. The van der Waals surface area contributed by atoms with Crippen LogP contribution in [0.4, 0.5) is 0 Å². The molecule has 0 aliphatic heterocycles. The molecule has 0 aliphatic carbocycles. The van der Waals surface area contributed by atoms with Gasteiger partial charge in [-0.2, -0.15) is 0 Å². The fraction of sp³-hybridized carbons (Fsp3) is 0.167. The third-order valence-corrected chi connectivity index (χ3v) is 4.36. The Morgan fingerprint density at radius 3 is 2.69 bits per heavy atom. The number of fused-ring (bicyclic) bond motifs is 1. The lowest BCUT2D eigenvalue weighted by Gasteiger charge is -2.08. The molecule has 0 spiro atoms. The van der Waals surface area contributed by atoms with Crippen LogP contribution in [0.25, 0.3) is 11.0 Å². The summed E-state index contributed by atoms with van der Waals surface area (Å²) >= 11 is 3.27. The molecule has 0 unspecified atom stereocenters. The van der Waals surface area contributed by atoms with Crippen molar-refractivity contribution in [1.82, 2.24) is 15.4 Å². The normalized spacial score (nSPS) is 10.7. The van der Waals surface area contributed by atoms with Crippen LogP contribution in [-0.4, -0.2) is 16.4 Å². The molecule has 0 radical (unpaired) electrons. The number of hydrazine groups is 1. The summed E-state index contributed by atoms with van der Waals surface area (Å²) < 4.78 is 7.69. The lowest BCUT2D eigenvalue weighted by molar-refractivity contribution is -0.122. The van der Waals surface area contributed by atoms with Gasteiger partial charge in [-0.05, 0) is 35.0 Å². The van der Waals surface area contributed by atoms with Gasteiger partial charge in [-0.25, -0.2) is 0 Å². The number of aryl methyl sites for hydroxylation is 2. The molecule has 1 aromatic carbocycles. The highest BCUT2D eigenvalue weighted by Gasteiger charge is 2.17. The molecule has 0 atom stereocenters. The highest BCUT2D eigenvalue weighted by molar-refractivity contribution is 9.10. The minimum atomic E-state index is -0.535. The maximum Gasteiger partial charge on any atom is 0.305 e. The number of halogens is 1. The highest BCUT2D eigenvalue weighted by Crippen LogP contribution is 2.24. The Morgan fingerprint density at radius 2 is 1.92 bits per heavy atom. The van der Waals surface area contributed by atoms with Gasteiger partial charge >= 0.3 is 5.91 Å². The van der Waals surface area contributed by atoms with Crippen molar-refractivity contribution in [2.45, 2.75) is 19.9 Å². The van der Waals surface area contributed by atoms with Crippen molar-refractivity contribution in [3.63, 3.8) is 0 Å². The number of benzene rings is 1. The van der Waals surface area contributed by atoms with Gasteiger partial charge < -0.3 is 8.98 Å². The summed E-state index contributed by atoms with van der Waals surface area (Å²) in [6, 6.07) is 10.4. The second kappa shape index (κ2) is 7.57. The number of hydrogen-bond donors (Lipinski definition) is 2. The molecule has 0 aliphatic rings. The summed E-state index contributed by atoms with van der Waals surface area (Å²) in [6.45, 7) is 1.98. The minimum Gasteiger partial charge on any atom is -0.451 e. The van der Waals surface area contributed by atoms with Gasteiger partial charge in [0.15, 0.2) is 5.76 Å². The molecule has 0 bridgehead atoms. The summed E-state index contributed by atoms with van der Waals surface area (Å²) in [5.41, 5.74) is 5.77. The summed E-state index contributed by atoms with van der Waals surface area (Å²) in [5, 5.41) is 0.845. The molecule has 2 heterocycles. The zero-order valence-electron chi connectivity index (χ0n) is 13.9. The lowest BCUT2D eigenvalue weighted by Crippen LogP contribution is -2.42. The number of amides is 2. The molecule has 2 amide bonds. The van der Waals surface area contributed by atoms with Gasteiger partial charge in [-0.3, -0.25) is 25.2 Å². The summed E-state index contributed by atoms with van der Waals surface area (Å²) in [6.07, 6.45) is 1.64. The first-order valence-electron chi connectivity index (χ1n) is 7.89. The fourth-order valence-corrected chi connectivity index (χ4v) is 2.91. The van der Waals surface area contributed by atoms with Crippen LogP contribution in [0.2, 0.25) is 0 Å². The average molecular weight is 418 g/mol. The van der Waals surface area contributed by atoms with E-state index >= 15 is 0 Å². The van der Waals surface area contributed by atoms with Gasteiger partial charge in [0.1, 0.15) is 5.58 Å². The van der Waals surface area contributed by atoms with E-state index in [1.165, 1.54) is 10.6 Å². The predicted octanol–water partition coefficient (Wildman–Crippen LogP) is 2.52. The standard InChI is InChI=1S/C18H16BrN3O4/c1-11-13-4-2-3-5-14(13)26-17(11)18(25)21-20-15(23)8-9-22-10-12(19)6-7-16(22)24/h2-7,10H,8-9H2,1H3,(H,20,23)(H,21,25). The van der Waals surface area contributed by atoms with E-state index in [1.807, 2.05) is 18.2 Å². The number of nitrogens with zero attached hydrogens (tertiary/aromatic N) is 1. The Kier molecular flexibility index (Phi) is 5.22. The minimum absolute atomic E-state index is 0.0375. The van der Waals surface area contributed by atoms with Crippen LogP contribution >= 0.6 is 15.9 Å². The van der Waals surface area contributed by atoms with Gasteiger partial charge in [0, 0.05) is 40.7 Å². The zero-order valence-corrected chi connectivity index (χ0v) is 15.5. The molecule has 2 N–H and O–H groups in total. The van der Waals surface area contributed by atoms with Crippen LogP contribution in [0.1, 0.15) is 22.5 Å². The molecule has 8 heteroatoms. The van der Waals surface area contributed by atoms with Crippen LogP contribution in [0.5, 0.6) is 0 Å². The van der Waals surface area contributed by atoms with E-state index in [0.29, 0.717) is 11.1 Å². The van der Waals surface area contributed by atoms with E-state index in [-0.39, 0.29) is 24.3 Å². The van der Waals surface area contributed by atoms with Gasteiger partial charge in [0.2, 0.25) is 5.91 Å². The smallest absolute Gasteiger partial charge is 0.305 e. The van der Waals surface area contributed by atoms with Gasteiger partial charge in [-0.15, -0.1) is 0 Å². The monoisotopic (exact) mass is 417 g/mol. The van der Waals surface area contributed by atoms with Gasteiger partial charge in [-0.1, -0.05) is 18.2 Å². The summed E-state index contributed by atoms with van der Waals surface area (Å²) in [5.74, 6) is -0.805. The Balaban J connectivity index is 1.58.